The van der Waals surface area contributed by atoms with E-state index in [0.717, 1.165) is 23.2 Å². The van der Waals surface area contributed by atoms with Crippen molar-refractivity contribution in [3.8, 4) is 0 Å². The quantitative estimate of drug-likeness (QED) is 0.768. The fraction of sp³-hybridized carbons (Fsp3) is 0.579. The van der Waals surface area contributed by atoms with Crippen molar-refractivity contribution in [2.24, 2.45) is 12.5 Å². The largest absolute Gasteiger partial charge is 0.392 e. The van der Waals surface area contributed by atoms with Gasteiger partial charge in [0.15, 0.2) is 5.65 Å². The number of nitrogens with zero attached hydrogens (tertiary/aromatic N) is 4. The van der Waals surface area contributed by atoms with Crippen LogP contribution in [-0.2, 0) is 11.8 Å². The van der Waals surface area contributed by atoms with Gasteiger partial charge in [0, 0.05) is 32.4 Å². The molecule has 0 bridgehead atoms. The average Bonchev–Trinajstić information content (AvgIpc) is 2.92. The first-order valence-corrected chi connectivity index (χ1v) is 9.40. The van der Waals surface area contributed by atoms with Crippen molar-refractivity contribution in [1.29, 1.82) is 0 Å². The van der Waals surface area contributed by atoms with Crippen molar-refractivity contribution in [3.05, 3.63) is 23.0 Å². The van der Waals surface area contributed by atoms with Gasteiger partial charge in [0.1, 0.15) is 0 Å². The smallest absolute Gasteiger partial charge is 0.254 e. The van der Waals surface area contributed by atoms with Crippen LogP contribution in [0.5, 0.6) is 0 Å². The van der Waals surface area contributed by atoms with Gasteiger partial charge < -0.3 is 15.3 Å². The summed E-state index contributed by atoms with van der Waals surface area (Å²) in [5.74, 6) is -0.279. The van der Waals surface area contributed by atoms with E-state index in [-0.39, 0.29) is 18.4 Å². The maximum Gasteiger partial charge on any atom is 0.254 e. The summed E-state index contributed by atoms with van der Waals surface area (Å²) in [5.41, 5.74) is 1.84. The molecule has 4 rings (SSSR count). The molecule has 27 heavy (non-hydrogen) atoms. The number of hydrogen-bond donors (Lipinski definition) is 2. The number of aliphatic hydroxyl groups is 1. The van der Waals surface area contributed by atoms with Gasteiger partial charge in [-0.3, -0.25) is 14.3 Å². The Morgan fingerprint density at radius 3 is 2.93 bits per heavy atom. The van der Waals surface area contributed by atoms with Gasteiger partial charge >= 0.3 is 0 Å². The SMILES string of the molecule is Cc1cc(C(=O)N2CC[C@@H](O)[C@@]3(CCCNC3=O)C2)c2c(C)nn(C)c2n1. The van der Waals surface area contributed by atoms with Gasteiger partial charge in [0.25, 0.3) is 5.91 Å². The Morgan fingerprint density at radius 1 is 1.41 bits per heavy atom. The minimum absolute atomic E-state index is 0.133. The van der Waals surface area contributed by atoms with E-state index in [4.69, 9.17) is 0 Å². The first-order chi connectivity index (χ1) is 12.8. The number of fused-ring (bicyclic) bond motifs is 1. The molecule has 8 nitrogen and oxygen atoms in total. The summed E-state index contributed by atoms with van der Waals surface area (Å²) in [5, 5.41) is 18.6. The molecule has 2 aromatic heterocycles. The van der Waals surface area contributed by atoms with Crippen LogP contribution in [0.4, 0.5) is 0 Å². The first kappa shape index (κ1) is 17.9. The van der Waals surface area contributed by atoms with Crippen LogP contribution < -0.4 is 5.32 Å². The third-order valence-electron chi connectivity index (χ3n) is 5.94. The van der Waals surface area contributed by atoms with Crippen molar-refractivity contribution in [2.45, 2.75) is 39.2 Å². The molecule has 2 aliphatic rings. The van der Waals surface area contributed by atoms with Crippen molar-refractivity contribution in [1.82, 2.24) is 25.0 Å². The second-order valence-electron chi connectivity index (χ2n) is 7.77. The molecule has 144 valence electrons. The van der Waals surface area contributed by atoms with Crippen LogP contribution in [0.25, 0.3) is 11.0 Å². The lowest BCUT2D eigenvalue weighted by atomic mass is 9.71. The van der Waals surface area contributed by atoms with Crippen LogP contribution in [0.15, 0.2) is 6.07 Å². The van der Waals surface area contributed by atoms with E-state index in [9.17, 15) is 14.7 Å². The summed E-state index contributed by atoms with van der Waals surface area (Å²) in [6.07, 6.45) is 1.09. The van der Waals surface area contributed by atoms with Crippen LogP contribution in [0.1, 0.15) is 41.0 Å². The number of rotatable bonds is 1. The van der Waals surface area contributed by atoms with E-state index in [1.54, 1.807) is 15.6 Å². The Kier molecular flexibility index (Phi) is 4.18. The highest BCUT2D eigenvalue weighted by Crippen LogP contribution is 2.38. The van der Waals surface area contributed by atoms with Gasteiger partial charge in [-0.1, -0.05) is 0 Å². The Morgan fingerprint density at radius 2 is 2.19 bits per heavy atom. The summed E-state index contributed by atoms with van der Waals surface area (Å²) >= 11 is 0. The number of aryl methyl sites for hydroxylation is 3. The lowest BCUT2D eigenvalue weighted by Crippen LogP contribution is -2.62. The number of aromatic nitrogens is 3. The standard InChI is InChI=1S/C19H25N5O3/c1-11-9-13(15-12(2)22-23(3)16(15)21-11)17(26)24-8-5-14(25)19(10-24)6-4-7-20-18(19)27/h9,14,25H,4-8,10H2,1-3H3,(H,20,27)/t14-,19-/m1/s1. The minimum Gasteiger partial charge on any atom is -0.392 e. The van der Waals surface area contributed by atoms with Crippen LogP contribution in [0, 0.1) is 19.3 Å². The zero-order valence-electron chi connectivity index (χ0n) is 15.9. The van der Waals surface area contributed by atoms with Gasteiger partial charge in [0.2, 0.25) is 5.91 Å². The second-order valence-corrected chi connectivity index (χ2v) is 7.77. The third-order valence-corrected chi connectivity index (χ3v) is 5.94. The Bertz CT molecular complexity index is 937. The van der Waals surface area contributed by atoms with E-state index in [1.165, 1.54) is 0 Å². The predicted octanol–water partition coefficient (Wildman–Crippen LogP) is 0.688. The molecule has 0 aromatic carbocycles. The number of piperidine rings is 2. The summed E-state index contributed by atoms with van der Waals surface area (Å²) in [4.78, 5) is 32.2. The molecule has 2 saturated heterocycles. The molecule has 2 N–H and O–H groups in total. The number of carbonyl (C=O) groups excluding carboxylic acids is 2. The van der Waals surface area contributed by atoms with E-state index < -0.39 is 11.5 Å². The van der Waals surface area contributed by atoms with Gasteiger partial charge in [0.05, 0.1) is 28.2 Å². The molecule has 0 aliphatic carbocycles. The first-order valence-electron chi connectivity index (χ1n) is 9.40. The number of carbonyl (C=O) groups is 2. The fourth-order valence-corrected chi connectivity index (χ4v) is 4.53. The molecule has 2 aliphatic heterocycles. The maximum absolute atomic E-state index is 13.4. The summed E-state index contributed by atoms with van der Waals surface area (Å²) in [6.45, 7) is 5.01. The minimum atomic E-state index is -0.905. The zero-order valence-corrected chi connectivity index (χ0v) is 15.9. The predicted molar refractivity (Wildman–Crippen MR) is 99.2 cm³/mol. The van der Waals surface area contributed by atoms with Crippen LogP contribution in [0.3, 0.4) is 0 Å². The number of amides is 2. The highest BCUT2D eigenvalue weighted by atomic mass is 16.3. The van der Waals surface area contributed by atoms with E-state index in [1.807, 2.05) is 20.9 Å². The van der Waals surface area contributed by atoms with Crippen LogP contribution in [-0.4, -0.2) is 62.3 Å². The zero-order chi connectivity index (χ0) is 19.3. The molecule has 1 spiro atoms. The van der Waals surface area contributed by atoms with Crippen LogP contribution >= 0.6 is 0 Å². The monoisotopic (exact) mass is 371 g/mol. The van der Waals surface area contributed by atoms with E-state index >= 15 is 0 Å². The Hall–Kier alpha value is -2.48. The molecule has 0 radical (unpaired) electrons. The van der Waals surface area contributed by atoms with Crippen LogP contribution in [0.2, 0.25) is 0 Å². The maximum atomic E-state index is 13.4. The highest BCUT2D eigenvalue weighted by molar-refractivity contribution is 6.06. The molecular weight excluding hydrogens is 346 g/mol. The number of likely N-dealkylation sites (tertiary alicyclic amines) is 1. The van der Waals surface area contributed by atoms with Gasteiger partial charge in [-0.2, -0.15) is 5.10 Å². The topological polar surface area (TPSA) is 100 Å². The fourth-order valence-electron chi connectivity index (χ4n) is 4.53. The number of hydrogen-bond acceptors (Lipinski definition) is 5. The van der Waals surface area contributed by atoms with E-state index in [2.05, 4.69) is 15.4 Å². The molecule has 0 saturated carbocycles. The molecule has 0 unspecified atom stereocenters. The molecule has 2 atom stereocenters. The van der Waals surface area contributed by atoms with Crippen molar-refractivity contribution < 1.29 is 14.7 Å². The number of nitrogens with one attached hydrogen (secondary N) is 1. The second kappa shape index (κ2) is 6.30. The summed E-state index contributed by atoms with van der Waals surface area (Å²) in [6, 6.07) is 1.79. The normalized spacial score (nSPS) is 25.9. The highest BCUT2D eigenvalue weighted by Gasteiger charge is 2.50. The Labute approximate surface area is 157 Å². The molecular formula is C19H25N5O3. The Balaban J connectivity index is 1.73. The van der Waals surface area contributed by atoms with Crippen molar-refractivity contribution in [3.63, 3.8) is 0 Å². The van der Waals surface area contributed by atoms with Gasteiger partial charge in [-0.15, -0.1) is 0 Å². The summed E-state index contributed by atoms with van der Waals surface area (Å²) in [7, 11) is 1.81. The third kappa shape index (κ3) is 2.70. The van der Waals surface area contributed by atoms with Crippen molar-refractivity contribution >= 4 is 22.8 Å². The summed E-state index contributed by atoms with van der Waals surface area (Å²) < 4.78 is 1.68. The lowest BCUT2D eigenvalue weighted by Gasteiger charge is -2.46. The lowest BCUT2D eigenvalue weighted by molar-refractivity contribution is -0.147. The van der Waals surface area contributed by atoms with Crippen molar-refractivity contribution in [2.75, 3.05) is 19.6 Å². The van der Waals surface area contributed by atoms with Gasteiger partial charge in [-0.05, 0) is 39.2 Å². The average molecular weight is 371 g/mol. The molecule has 2 amide bonds. The number of pyridine rings is 1. The molecule has 8 heteroatoms. The molecule has 2 fully saturated rings. The van der Waals surface area contributed by atoms with E-state index in [0.29, 0.717) is 37.1 Å². The van der Waals surface area contributed by atoms with Gasteiger partial charge in [-0.25, -0.2) is 4.98 Å². The molecule has 4 heterocycles. The number of aliphatic hydroxyl groups excluding tert-OH is 1. The molecule has 2 aromatic rings.